The Morgan fingerprint density at radius 2 is 1.24 bits per heavy atom. The van der Waals surface area contributed by atoms with Crippen LogP contribution in [0.3, 0.4) is 0 Å². The van der Waals surface area contributed by atoms with Gasteiger partial charge in [0.1, 0.15) is 54.9 Å². The lowest BCUT2D eigenvalue weighted by Crippen LogP contribution is -2.65. The molecule has 14 nitrogen and oxygen atoms in total. The van der Waals surface area contributed by atoms with E-state index in [2.05, 4.69) is 0 Å². The van der Waals surface area contributed by atoms with Crippen LogP contribution < -0.4 is 0 Å². The largest absolute Gasteiger partial charge is 0.396 e. The average Bonchev–Trinajstić information content (AvgIpc) is 2.80. The highest BCUT2D eigenvalue weighted by Crippen LogP contribution is 2.34. The fourth-order valence-corrected chi connectivity index (χ4v) is 4.40. The van der Waals surface area contributed by atoms with Gasteiger partial charge in [-0.15, -0.1) is 0 Å². The Hall–Kier alpha value is -0.560. The van der Waals surface area contributed by atoms with Crippen LogP contribution in [0.4, 0.5) is 0 Å². The number of aliphatic hydroxyl groups is 10. The minimum absolute atomic E-state index is 0.127. The molecule has 2 aliphatic heterocycles. The summed E-state index contributed by atoms with van der Waals surface area (Å²) >= 11 is 0. The molecule has 1 aliphatic carbocycles. The van der Waals surface area contributed by atoms with E-state index in [1.807, 2.05) is 0 Å². The SMILES string of the molecule is CC1O[C@@H](O[C@H]2C(O)[C@@H](O)C(CO)O[C@H]2O[C@@H]2C(CO)CC(O)[C@@H](O)C2O)[C@@H](O)C(O)[C@@H]1O. The molecule has 0 radical (unpaired) electrons. The number of rotatable bonds is 6. The first-order valence-corrected chi connectivity index (χ1v) is 10.8. The molecule has 0 amide bonds. The molecule has 33 heavy (non-hydrogen) atoms. The van der Waals surface area contributed by atoms with Gasteiger partial charge in [0.25, 0.3) is 0 Å². The van der Waals surface area contributed by atoms with E-state index < -0.39 is 105 Å². The first-order valence-electron chi connectivity index (χ1n) is 10.8. The third-order valence-corrected chi connectivity index (χ3v) is 6.54. The topological polar surface area (TPSA) is 239 Å². The Labute approximate surface area is 189 Å². The van der Waals surface area contributed by atoms with Crippen molar-refractivity contribution in [1.29, 1.82) is 0 Å². The minimum Gasteiger partial charge on any atom is -0.396 e. The van der Waals surface area contributed by atoms with Crippen LogP contribution in [-0.2, 0) is 18.9 Å². The Bertz CT molecular complexity index is 623. The summed E-state index contributed by atoms with van der Waals surface area (Å²) in [6, 6.07) is 0. The van der Waals surface area contributed by atoms with E-state index in [4.69, 9.17) is 18.9 Å². The molecular weight excluding hydrogens is 452 g/mol. The lowest BCUT2D eigenvalue weighted by Gasteiger charge is -2.48. The maximum atomic E-state index is 10.6. The summed E-state index contributed by atoms with van der Waals surface area (Å²) < 4.78 is 22.1. The molecule has 194 valence electrons. The van der Waals surface area contributed by atoms with Gasteiger partial charge in [-0.25, -0.2) is 0 Å². The molecule has 3 rings (SSSR count). The van der Waals surface area contributed by atoms with Crippen molar-refractivity contribution >= 4 is 0 Å². The molecule has 0 spiro atoms. The Balaban J connectivity index is 1.83. The van der Waals surface area contributed by atoms with Crippen LogP contribution >= 0.6 is 0 Å². The number of ether oxygens (including phenoxy) is 4. The van der Waals surface area contributed by atoms with Crippen LogP contribution in [-0.4, -0.2) is 150 Å². The van der Waals surface area contributed by atoms with Gasteiger partial charge in [0.2, 0.25) is 0 Å². The zero-order chi connectivity index (χ0) is 24.6. The van der Waals surface area contributed by atoms with E-state index in [9.17, 15) is 51.1 Å². The highest BCUT2D eigenvalue weighted by Gasteiger charge is 2.53. The van der Waals surface area contributed by atoms with Crippen LogP contribution in [0.25, 0.3) is 0 Å². The molecule has 15 atom stereocenters. The van der Waals surface area contributed by atoms with E-state index in [0.717, 1.165) is 0 Å². The van der Waals surface area contributed by atoms with Crippen LogP contribution in [0.1, 0.15) is 13.3 Å². The second-order valence-corrected chi connectivity index (χ2v) is 8.82. The molecule has 7 unspecified atom stereocenters. The molecule has 2 heterocycles. The van der Waals surface area contributed by atoms with Crippen molar-refractivity contribution in [3.8, 4) is 0 Å². The molecular formula is C19H34O14. The molecule has 3 aliphatic rings. The first kappa shape index (κ1) is 27.0. The highest BCUT2D eigenvalue weighted by atomic mass is 16.8. The van der Waals surface area contributed by atoms with Crippen molar-refractivity contribution in [3.63, 3.8) is 0 Å². The lowest BCUT2D eigenvalue weighted by atomic mass is 9.81. The molecule has 1 saturated carbocycles. The second-order valence-electron chi connectivity index (χ2n) is 8.82. The first-order chi connectivity index (χ1) is 15.5. The monoisotopic (exact) mass is 486 g/mol. The molecule has 10 N–H and O–H groups in total. The van der Waals surface area contributed by atoms with Gasteiger partial charge in [-0.2, -0.15) is 0 Å². The summed E-state index contributed by atoms with van der Waals surface area (Å²) in [5.41, 5.74) is 0. The van der Waals surface area contributed by atoms with E-state index in [1.54, 1.807) is 0 Å². The van der Waals surface area contributed by atoms with Crippen LogP contribution in [0, 0.1) is 5.92 Å². The summed E-state index contributed by atoms with van der Waals surface area (Å²) in [5.74, 6) is -0.854. The maximum absolute atomic E-state index is 10.6. The van der Waals surface area contributed by atoms with E-state index >= 15 is 0 Å². The summed E-state index contributed by atoms with van der Waals surface area (Å²) in [6.07, 6.45) is -21.4. The molecule has 14 heteroatoms. The quantitative estimate of drug-likeness (QED) is 0.168. The van der Waals surface area contributed by atoms with Crippen LogP contribution in [0.5, 0.6) is 0 Å². The number of aliphatic hydroxyl groups excluding tert-OH is 10. The van der Waals surface area contributed by atoms with Gasteiger partial charge in [0, 0.05) is 12.5 Å². The summed E-state index contributed by atoms with van der Waals surface area (Å²) in [6.45, 7) is 0.142. The third-order valence-electron chi connectivity index (χ3n) is 6.54. The van der Waals surface area contributed by atoms with Crippen LogP contribution in [0.15, 0.2) is 0 Å². The lowest BCUT2D eigenvalue weighted by molar-refractivity contribution is -0.376. The smallest absolute Gasteiger partial charge is 0.187 e. The van der Waals surface area contributed by atoms with Crippen molar-refractivity contribution in [2.24, 2.45) is 5.92 Å². The molecule has 3 fully saturated rings. The van der Waals surface area contributed by atoms with E-state index in [0.29, 0.717) is 0 Å². The van der Waals surface area contributed by atoms with Crippen molar-refractivity contribution < 1.29 is 70.0 Å². The highest BCUT2D eigenvalue weighted by molar-refractivity contribution is 4.97. The second kappa shape index (κ2) is 11.0. The average molecular weight is 486 g/mol. The van der Waals surface area contributed by atoms with Gasteiger partial charge < -0.3 is 70.0 Å². The number of hydrogen-bond acceptors (Lipinski definition) is 14. The minimum atomic E-state index is -1.76. The zero-order valence-corrected chi connectivity index (χ0v) is 17.9. The van der Waals surface area contributed by atoms with Crippen molar-refractivity contribution in [2.75, 3.05) is 13.2 Å². The van der Waals surface area contributed by atoms with Gasteiger partial charge in [-0.1, -0.05) is 0 Å². The summed E-state index contributed by atoms with van der Waals surface area (Å²) in [5, 5.41) is 100. The summed E-state index contributed by atoms with van der Waals surface area (Å²) in [4.78, 5) is 0. The van der Waals surface area contributed by atoms with E-state index in [-0.39, 0.29) is 6.42 Å². The Morgan fingerprint density at radius 3 is 1.85 bits per heavy atom. The predicted octanol–water partition coefficient (Wildman–Crippen LogP) is -5.88. The van der Waals surface area contributed by atoms with Crippen LogP contribution in [0.2, 0.25) is 0 Å². The Kier molecular flexibility index (Phi) is 9.02. The fourth-order valence-electron chi connectivity index (χ4n) is 4.40. The fraction of sp³-hybridized carbons (Fsp3) is 1.00. The maximum Gasteiger partial charge on any atom is 0.187 e. The molecule has 0 bridgehead atoms. The van der Waals surface area contributed by atoms with Crippen molar-refractivity contribution in [3.05, 3.63) is 0 Å². The molecule has 0 aromatic heterocycles. The van der Waals surface area contributed by atoms with Gasteiger partial charge in [0.15, 0.2) is 12.6 Å². The van der Waals surface area contributed by atoms with Gasteiger partial charge in [-0.3, -0.25) is 0 Å². The standard InChI is InChI=1S/C19H34O14/c1-5-9(23)12(26)15(29)18(30-5)33-17-14(28)11(25)8(4-21)31-19(17)32-16-6(3-20)2-7(22)10(24)13(16)27/h5-29H,2-4H2,1H3/t5?,6?,7?,8?,9-,10-,11+,12?,13?,14?,15+,16-,17+,18+,19+/m1/s1. The van der Waals surface area contributed by atoms with Gasteiger partial charge in [0.05, 0.1) is 24.9 Å². The molecule has 0 aromatic carbocycles. The normalized spacial score (nSPS) is 53.7. The van der Waals surface area contributed by atoms with E-state index in [1.165, 1.54) is 6.92 Å². The van der Waals surface area contributed by atoms with Gasteiger partial charge >= 0.3 is 0 Å². The van der Waals surface area contributed by atoms with Crippen molar-refractivity contribution in [2.45, 2.75) is 99.2 Å². The third kappa shape index (κ3) is 5.34. The zero-order valence-electron chi connectivity index (χ0n) is 17.9. The molecule has 0 aromatic rings. The summed E-state index contributed by atoms with van der Waals surface area (Å²) in [7, 11) is 0. The predicted molar refractivity (Wildman–Crippen MR) is 103 cm³/mol. The Morgan fingerprint density at radius 1 is 0.636 bits per heavy atom. The van der Waals surface area contributed by atoms with Gasteiger partial charge in [-0.05, 0) is 13.3 Å². The van der Waals surface area contributed by atoms with Crippen molar-refractivity contribution in [1.82, 2.24) is 0 Å². The molecule has 2 saturated heterocycles. The number of hydrogen-bond donors (Lipinski definition) is 10.